The van der Waals surface area contributed by atoms with Gasteiger partial charge in [0.1, 0.15) is 5.82 Å². The van der Waals surface area contributed by atoms with Gasteiger partial charge in [-0.3, -0.25) is 4.79 Å². The van der Waals surface area contributed by atoms with E-state index in [-0.39, 0.29) is 17.2 Å². The monoisotopic (exact) mass is 238 g/mol. The molecule has 0 heterocycles. The maximum absolute atomic E-state index is 13.1. The minimum atomic E-state index is -0.488. The average Bonchev–Trinajstić information content (AvgIpc) is 2.28. The number of anilines is 1. The second-order valence-electron chi connectivity index (χ2n) is 4.17. The number of hydrogen-bond acceptors (Lipinski definition) is 2. The largest absolute Gasteiger partial charge is 0.399 e. The number of carbonyl (C=O) groups excluding carboxylic acids is 1. The van der Waals surface area contributed by atoms with Crippen LogP contribution in [0.5, 0.6) is 0 Å². The Morgan fingerprint density at radius 1 is 1.35 bits per heavy atom. The summed E-state index contributed by atoms with van der Waals surface area (Å²) in [7, 11) is 0. The molecule has 0 saturated heterocycles. The fraction of sp³-hybridized carbons (Fsp3) is 0.462. The lowest BCUT2D eigenvalue weighted by Gasteiger charge is -2.13. The summed E-state index contributed by atoms with van der Waals surface area (Å²) >= 11 is 0. The third-order valence-corrected chi connectivity index (χ3v) is 2.89. The number of amides is 1. The van der Waals surface area contributed by atoms with Crippen LogP contribution in [-0.2, 0) is 0 Å². The Morgan fingerprint density at radius 2 is 2.00 bits per heavy atom. The molecule has 3 nitrogen and oxygen atoms in total. The predicted molar refractivity (Wildman–Crippen MR) is 67.2 cm³/mol. The minimum Gasteiger partial charge on any atom is -0.399 e. The van der Waals surface area contributed by atoms with Gasteiger partial charge in [-0.2, -0.15) is 0 Å². The van der Waals surface area contributed by atoms with Gasteiger partial charge in [-0.1, -0.05) is 26.7 Å². The second-order valence-corrected chi connectivity index (χ2v) is 4.17. The van der Waals surface area contributed by atoms with E-state index in [1.165, 1.54) is 18.2 Å². The molecule has 1 amide bonds. The summed E-state index contributed by atoms with van der Waals surface area (Å²) in [5.41, 5.74) is 6.02. The van der Waals surface area contributed by atoms with Crippen LogP contribution in [0.25, 0.3) is 0 Å². The van der Waals surface area contributed by atoms with E-state index in [1.54, 1.807) is 0 Å². The third kappa shape index (κ3) is 4.06. The predicted octanol–water partition coefficient (Wildman–Crippen LogP) is 2.57. The first-order valence-corrected chi connectivity index (χ1v) is 5.91. The highest BCUT2D eigenvalue weighted by atomic mass is 19.1. The van der Waals surface area contributed by atoms with Gasteiger partial charge in [0, 0.05) is 17.8 Å². The van der Waals surface area contributed by atoms with Crippen molar-refractivity contribution in [3.63, 3.8) is 0 Å². The molecule has 94 valence electrons. The van der Waals surface area contributed by atoms with Crippen molar-refractivity contribution in [3.8, 4) is 0 Å². The van der Waals surface area contributed by atoms with E-state index >= 15 is 0 Å². The molecule has 17 heavy (non-hydrogen) atoms. The topological polar surface area (TPSA) is 55.1 Å². The van der Waals surface area contributed by atoms with Crippen molar-refractivity contribution >= 4 is 11.6 Å². The molecule has 1 aromatic rings. The molecular formula is C13H19FN2O. The molecule has 1 rings (SSSR count). The Bertz CT molecular complexity index is 369. The Labute approximate surface area is 101 Å². The zero-order valence-corrected chi connectivity index (χ0v) is 10.3. The van der Waals surface area contributed by atoms with Gasteiger partial charge in [0.05, 0.1) is 0 Å². The SMILES string of the molecule is CCC(CC)CNC(=O)c1cc(N)cc(F)c1. The first-order valence-electron chi connectivity index (χ1n) is 5.91. The van der Waals surface area contributed by atoms with E-state index in [4.69, 9.17) is 5.73 Å². The molecule has 0 saturated carbocycles. The number of halogens is 1. The van der Waals surface area contributed by atoms with Crippen LogP contribution in [-0.4, -0.2) is 12.5 Å². The number of nitrogens with two attached hydrogens (primary N) is 1. The van der Waals surface area contributed by atoms with Crippen molar-refractivity contribution in [1.82, 2.24) is 5.32 Å². The van der Waals surface area contributed by atoms with E-state index < -0.39 is 5.82 Å². The van der Waals surface area contributed by atoms with Crippen LogP contribution in [0.15, 0.2) is 18.2 Å². The highest BCUT2D eigenvalue weighted by molar-refractivity contribution is 5.95. The number of rotatable bonds is 5. The van der Waals surface area contributed by atoms with Crippen LogP contribution in [0.4, 0.5) is 10.1 Å². The first-order chi connectivity index (χ1) is 8.06. The van der Waals surface area contributed by atoms with Crippen LogP contribution >= 0.6 is 0 Å². The van der Waals surface area contributed by atoms with Gasteiger partial charge in [0.15, 0.2) is 0 Å². The van der Waals surface area contributed by atoms with E-state index in [1.807, 2.05) is 0 Å². The van der Waals surface area contributed by atoms with Gasteiger partial charge in [0.2, 0.25) is 0 Å². The van der Waals surface area contributed by atoms with Crippen molar-refractivity contribution in [2.24, 2.45) is 5.92 Å². The van der Waals surface area contributed by atoms with Crippen LogP contribution in [0.1, 0.15) is 37.0 Å². The lowest BCUT2D eigenvalue weighted by molar-refractivity contribution is 0.0946. The quantitative estimate of drug-likeness (QED) is 0.775. The number of benzene rings is 1. The molecule has 4 heteroatoms. The zero-order valence-electron chi connectivity index (χ0n) is 10.3. The summed E-state index contributed by atoms with van der Waals surface area (Å²) in [6, 6.07) is 3.86. The summed E-state index contributed by atoms with van der Waals surface area (Å²) in [6.45, 7) is 4.78. The molecule has 0 fully saturated rings. The van der Waals surface area contributed by atoms with E-state index in [9.17, 15) is 9.18 Å². The molecule has 0 aliphatic carbocycles. The fourth-order valence-electron chi connectivity index (χ4n) is 1.66. The zero-order chi connectivity index (χ0) is 12.8. The number of nitrogens with one attached hydrogen (secondary N) is 1. The van der Waals surface area contributed by atoms with E-state index in [2.05, 4.69) is 19.2 Å². The number of carbonyl (C=O) groups is 1. The summed E-state index contributed by atoms with van der Waals surface area (Å²) in [4.78, 5) is 11.8. The van der Waals surface area contributed by atoms with Gasteiger partial charge in [-0.25, -0.2) is 4.39 Å². The molecule has 1 aromatic carbocycles. The standard InChI is InChI=1S/C13H19FN2O/c1-3-9(4-2)8-16-13(17)10-5-11(14)7-12(15)6-10/h5-7,9H,3-4,8,15H2,1-2H3,(H,16,17). The third-order valence-electron chi connectivity index (χ3n) is 2.89. The van der Waals surface area contributed by atoms with E-state index in [0.717, 1.165) is 12.8 Å². The van der Waals surface area contributed by atoms with Crippen molar-refractivity contribution in [1.29, 1.82) is 0 Å². The Hall–Kier alpha value is -1.58. The molecule has 0 bridgehead atoms. The highest BCUT2D eigenvalue weighted by Crippen LogP contribution is 2.11. The molecule has 0 radical (unpaired) electrons. The molecule has 3 N–H and O–H groups in total. The Balaban J connectivity index is 2.63. The van der Waals surface area contributed by atoms with E-state index in [0.29, 0.717) is 12.5 Å². The van der Waals surface area contributed by atoms with Gasteiger partial charge >= 0.3 is 0 Å². The normalized spacial score (nSPS) is 10.6. The molecule has 0 unspecified atom stereocenters. The van der Waals surface area contributed by atoms with Crippen molar-refractivity contribution in [3.05, 3.63) is 29.6 Å². The van der Waals surface area contributed by atoms with Crippen molar-refractivity contribution in [2.75, 3.05) is 12.3 Å². The fourth-order valence-corrected chi connectivity index (χ4v) is 1.66. The summed E-state index contributed by atoms with van der Waals surface area (Å²) in [5, 5.41) is 2.79. The van der Waals surface area contributed by atoms with Gasteiger partial charge in [-0.15, -0.1) is 0 Å². The van der Waals surface area contributed by atoms with Gasteiger partial charge < -0.3 is 11.1 Å². The van der Waals surface area contributed by atoms with Gasteiger partial charge in [-0.05, 0) is 24.1 Å². The maximum atomic E-state index is 13.1. The summed E-state index contributed by atoms with van der Waals surface area (Å²) in [5.74, 6) is -0.300. The Kier molecular flexibility index (Phi) is 4.94. The Morgan fingerprint density at radius 3 is 2.53 bits per heavy atom. The maximum Gasteiger partial charge on any atom is 0.251 e. The minimum absolute atomic E-state index is 0.262. The van der Waals surface area contributed by atoms with Gasteiger partial charge in [0.25, 0.3) is 5.91 Å². The highest BCUT2D eigenvalue weighted by Gasteiger charge is 2.10. The second kappa shape index (κ2) is 6.23. The van der Waals surface area contributed by atoms with Crippen LogP contribution in [0.3, 0.4) is 0 Å². The molecule has 0 aliphatic rings. The number of hydrogen-bond donors (Lipinski definition) is 2. The molecule has 0 spiro atoms. The molecule has 0 aliphatic heterocycles. The van der Waals surface area contributed by atoms with Crippen LogP contribution in [0, 0.1) is 11.7 Å². The summed E-state index contributed by atoms with van der Waals surface area (Å²) in [6.07, 6.45) is 2.03. The van der Waals surface area contributed by atoms with Crippen molar-refractivity contribution in [2.45, 2.75) is 26.7 Å². The molecular weight excluding hydrogens is 219 g/mol. The number of nitrogen functional groups attached to an aromatic ring is 1. The molecule has 0 atom stereocenters. The smallest absolute Gasteiger partial charge is 0.251 e. The average molecular weight is 238 g/mol. The molecule has 0 aromatic heterocycles. The van der Waals surface area contributed by atoms with Crippen LogP contribution < -0.4 is 11.1 Å². The van der Waals surface area contributed by atoms with Crippen molar-refractivity contribution < 1.29 is 9.18 Å². The van der Waals surface area contributed by atoms with Crippen LogP contribution in [0.2, 0.25) is 0 Å². The lowest BCUT2D eigenvalue weighted by atomic mass is 10.0. The summed E-state index contributed by atoms with van der Waals surface area (Å²) < 4.78 is 13.1. The first kappa shape index (κ1) is 13.5. The lowest BCUT2D eigenvalue weighted by Crippen LogP contribution is -2.29.